The van der Waals surface area contributed by atoms with Gasteiger partial charge in [-0.05, 0) is 36.5 Å². The smallest absolute Gasteiger partial charge is 0.199 e. The highest BCUT2D eigenvalue weighted by atomic mass is 32.2. The molecule has 0 spiro atoms. The Labute approximate surface area is 124 Å². The molecule has 2 rings (SSSR count). The summed E-state index contributed by atoms with van der Waals surface area (Å²) in [7, 11) is -3.32. The fourth-order valence-electron chi connectivity index (χ4n) is 3.82. The molecule has 1 saturated heterocycles. The fraction of sp³-hybridized carbons (Fsp3) is 1.00. The summed E-state index contributed by atoms with van der Waals surface area (Å²) in [5.74, 6) is 1.95. The summed E-state index contributed by atoms with van der Waals surface area (Å²) in [6.07, 6.45) is 4.45. The molecule has 5 heteroatoms. The zero-order valence-corrected chi connectivity index (χ0v) is 14.1. The van der Waals surface area contributed by atoms with Gasteiger partial charge in [0, 0.05) is 19.1 Å². The zero-order valence-electron chi connectivity index (χ0n) is 13.3. The quantitative estimate of drug-likeness (QED) is 0.871. The summed E-state index contributed by atoms with van der Waals surface area (Å²) in [6, 6.07) is 0.108. The van der Waals surface area contributed by atoms with Gasteiger partial charge in [0.1, 0.15) is 0 Å². The van der Waals surface area contributed by atoms with E-state index in [4.69, 9.17) is 0 Å². The second-order valence-electron chi connectivity index (χ2n) is 7.26. The normalized spacial score (nSPS) is 40.7. The van der Waals surface area contributed by atoms with E-state index in [0.717, 1.165) is 19.3 Å². The number of rotatable bonds is 3. The number of nitrogens with one attached hydrogen (secondary N) is 1. The topological polar surface area (TPSA) is 49.4 Å². The second-order valence-corrected chi connectivity index (χ2v) is 8.96. The molecule has 2 aliphatic rings. The molecular weight excluding hydrogens is 272 g/mol. The van der Waals surface area contributed by atoms with Crippen molar-refractivity contribution in [3.05, 3.63) is 0 Å². The fourth-order valence-corrected chi connectivity index (χ4v) is 5.58. The van der Waals surface area contributed by atoms with E-state index in [-0.39, 0.29) is 6.04 Å². The van der Waals surface area contributed by atoms with Crippen molar-refractivity contribution in [3.63, 3.8) is 0 Å². The number of nitrogens with zero attached hydrogens (tertiary/aromatic N) is 1. The summed E-state index contributed by atoms with van der Waals surface area (Å²) >= 11 is 0. The van der Waals surface area contributed by atoms with Gasteiger partial charge in [0.15, 0.2) is 0 Å². The lowest BCUT2D eigenvalue weighted by Gasteiger charge is -2.38. The standard InChI is InChI=1S/C15H30N2O2S/c1-11-8-12(2)10-17(9-11)20(18,19)16-15-7-5-6-13(3)14(15)4/h11-16H,5-10H2,1-4H3/t11-,12+,13-,14-,15-/m1/s1. The van der Waals surface area contributed by atoms with Crippen LogP contribution >= 0.6 is 0 Å². The maximum Gasteiger partial charge on any atom is 0.279 e. The van der Waals surface area contributed by atoms with Crippen LogP contribution in [0.2, 0.25) is 0 Å². The zero-order chi connectivity index (χ0) is 14.9. The lowest BCUT2D eigenvalue weighted by atomic mass is 9.78. The Morgan fingerprint density at radius 2 is 1.60 bits per heavy atom. The molecule has 1 aliphatic carbocycles. The molecule has 4 nitrogen and oxygen atoms in total. The first-order valence-electron chi connectivity index (χ1n) is 8.07. The molecule has 0 aromatic rings. The third kappa shape index (κ3) is 3.74. The molecule has 0 bridgehead atoms. The Hall–Kier alpha value is -0.130. The van der Waals surface area contributed by atoms with Gasteiger partial charge in [0.25, 0.3) is 10.2 Å². The van der Waals surface area contributed by atoms with Gasteiger partial charge in [0.2, 0.25) is 0 Å². The highest BCUT2D eigenvalue weighted by molar-refractivity contribution is 7.87. The lowest BCUT2D eigenvalue weighted by molar-refractivity contribution is 0.203. The molecule has 0 unspecified atom stereocenters. The predicted octanol–water partition coefficient (Wildman–Crippen LogP) is 2.62. The Kier molecular flexibility index (Phi) is 5.14. The van der Waals surface area contributed by atoms with Crippen LogP contribution in [-0.2, 0) is 10.2 Å². The second kappa shape index (κ2) is 6.32. The van der Waals surface area contributed by atoms with Crippen LogP contribution in [-0.4, -0.2) is 31.9 Å². The summed E-state index contributed by atoms with van der Waals surface area (Å²) in [5, 5.41) is 0. The molecule has 1 heterocycles. The van der Waals surface area contributed by atoms with Crippen molar-refractivity contribution in [2.45, 2.75) is 59.4 Å². The molecule has 0 amide bonds. The van der Waals surface area contributed by atoms with Crippen LogP contribution in [0.1, 0.15) is 53.4 Å². The average Bonchev–Trinajstić information content (AvgIpc) is 2.33. The van der Waals surface area contributed by atoms with E-state index in [9.17, 15) is 8.42 Å². The Morgan fingerprint density at radius 1 is 1.00 bits per heavy atom. The van der Waals surface area contributed by atoms with Crippen molar-refractivity contribution in [3.8, 4) is 0 Å². The molecule has 118 valence electrons. The Bertz CT molecular complexity index is 414. The van der Waals surface area contributed by atoms with Crippen LogP contribution in [0.3, 0.4) is 0 Å². The van der Waals surface area contributed by atoms with Gasteiger partial charge in [-0.25, -0.2) is 0 Å². The molecule has 1 aliphatic heterocycles. The minimum Gasteiger partial charge on any atom is -0.199 e. The van der Waals surface area contributed by atoms with Gasteiger partial charge in [-0.1, -0.05) is 40.5 Å². The van der Waals surface area contributed by atoms with E-state index < -0.39 is 10.2 Å². The van der Waals surface area contributed by atoms with E-state index in [1.165, 1.54) is 6.42 Å². The Balaban J connectivity index is 2.03. The van der Waals surface area contributed by atoms with Gasteiger partial charge in [-0.15, -0.1) is 0 Å². The minimum absolute atomic E-state index is 0.108. The predicted molar refractivity (Wildman–Crippen MR) is 82.5 cm³/mol. The van der Waals surface area contributed by atoms with Crippen molar-refractivity contribution in [2.24, 2.45) is 23.7 Å². The largest absolute Gasteiger partial charge is 0.279 e. The highest BCUT2D eigenvalue weighted by Gasteiger charge is 2.35. The number of hydrogen-bond donors (Lipinski definition) is 1. The Morgan fingerprint density at radius 3 is 2.20 bits per heavy atom. The first kappa shape index (κ1) is 16.2. The monoisotopic (exact) mass is 302 g/mol. The van der Waals surface area contributed by atoms with Gasteiger partial charge >= 0.3 is 0 Å². The molecule has 2 fully saturated rings. The SMILES string of the molecule is C[C@@H]1C[C@H](C)CN(S(=O)(=O)N[C@@H]2CCC[C@@H](C)[C@H]2C)C1. The summed E-state index contributed by atoms with van der Waals surface area (Å²) in [5.41, 5.74) is 0. The van der Waals surface area contributed by atoms with E-state index >= 15 is 0 Å². The molecule has 20 heavy (non-hydrogen) atoms. The van der Waals surface area contributed by atoms with Crippen LogP contribution < -0.4 is 4.72 Å². The van der Waals surface area contributed by atoms with Gasteiger partial charge in [-0.2, -0.15) is 17.4 Å². The van der Waals surface area contributed by atoms with Crippen molar-refractivity contribution in [2.75, 3.05) is 13.1 Å². The van der Waals surface area contributed by atoms with Crippen LogP contribution in [0.4, 0.5) is 0 Å². The maximum atomic E-state index is 12.6. The average molecular weight is 302 g/mol. The molecule has 0 radical (unpaired) electrons. The van der Waals surface area contributed by atoms with Crippen molar-refractivity contribution >= 4 is 10.2 Å². The summed E-state index contributed by atoms with van der Waals surface area (Å²) < 4.78 is 29.9. The summed E-state index contributed by atoms with van der Waals surface area (Å²) in [6.45, 7) is 10.0. The van der Waals surface area contributed by atoms with Crippen molar-refractivity contribution in [1.82, 2.24) is 9.03 Å². The molecule has 1 N–H and O–H groups in total. The van der Waals surface area contributed by atoms with Gasteiger partial charge in [-0.3, -0.25) is 0 Å². The first-order chi connectivity index (χ1) is 9.29. The van der Waals surface area contributed by atoms with E-state index in [0.29, 0.717) is 36.8 Å². The van der Waals surface area contributed by atoms with Crippen LogP contribution in [0, 0.1) is 23.7 Å². The highest BCUT2D eigenvalue weighted by Crippen LogP contribution is 2.30. The first-order valence-corrected chi connectivity index (χ1v) is 9.51. The molecule has 0 aromatic heterocycles. The molecule has 1 saturated carbocycles. The number of hydrogen-bond acceptors (Lipinski definition) is 2. The van der Waals surface area contributed by atoms with E-state index in [2.05, 4.69) is 32.4 Å². The molecule has 0 aromatic carbocycles. The third-order valence-corrected chi connectivity index (χ3v) is 6.76. The van der Waals surface area contributed by atoms with Crippen molar-refractivity contribution in [1.29, 1.82) is 0 Å². The van der Waals surface area contributed by atoms with E-state index in [1.807, 2.05) is 0 Å². The van der Waals surface area contributed by atoms with E-state index in [1.54, 1.807) is 4.31 Å². The lowest BCUT2D eigenvalue weighted by Crippen LogP contribution is -2.53. The van der Waals surface area contributed by atoms with Crippen LogP contribution in [0.25, 0.3) is 0 Å². The van der Waals surface area contributed by atoms with Crippen LogP contribution in [0.15, 0.2) is 0 Å². The van der Waals surface area contributed by atoms with Gasteiger partial charge in [0.05, 0.1) is 0 Å². The number of piperidine rings is 1. The van der Waals surface area contributed by atoms with Gasteiger partial charge < -0.3 is 0 Å². The third-order valence-electron chi connectivity index (χ3n) is 5.18. The molecular formula is C15H30N2O2S. The molecule has 5 atom stereocenters. The summed E-state index contributed by atoms with van der Waals surface area (Å²) in [4.78, 5) is 0. The maximum absolute atomic E-state index is 12.6. The minimum atomic E-state index is -3.32. The van der Waals surface area contributed by atoms with Crippen molar-refractivity contribution < 1.29 is 8.42 Å². The van der Waals surface area contributed by atoms with Crippen LogP contribution in [0.5, 0.6) is 0 Å².